The zero-order valence-corrected chi connectivity index (χ0v) is 11.2. The van der Waals surface area contributed by atoms with Crippen molar-refractivity contribution in [3.63, 3.8) is 0 Å². The third-order valence-corrected chi connectivity index (χ3v) is 2.71. The van der Waals surface area contributed by atoms with E-state index in [1.54, 1.807) is 12.1 Å². The smallest absolute Gasteiger partial charge is 0.328 e. The lowest BCUT2D eigenvalue weighted by Crippen LogP contribution is -2.08. The van der Waals surface area contributed by atoms with Crippen LogP contribution in [0.15, 0.2) is 24.3 Å². The van der Waals surface area contributed by atoms with Crippen LogP contribution < -0.4 is 0 Å². The minimum atomic E-state index is -1.05. The first-order valence-corrected chi connectivity index (χ1v) is 6.34. The molecule has 0 fully saturated rings. The van der Waals surface area contributed by atoms with Crippen molar-refractivity contribution in [2.45, 2.75) is 39.4 Å². The standard InChI is InChI=1S/C15H19FO3/c1-3-4-11(2)19-10-13-7-5-12(9-14(13)16)6-8-15(17)18/h5-9,11H,3-4,10H2,1-2H3,(H,17,18)/b8-6+. The van der Waals surface area contributed by atoms with Crippen LogP contribution >= 0.6 is 0 Å². The monoisotopic (exact) mass is 266 g/mol. The van der Waals surface area contributed by atoms with E-state index in [-0.39, 0.29) is 18.5 Å². The summed E-state index contributed by atoms with van der Waals surface area (Å²) in [6, 6.07) is 4.60. The number of hydrogen-bond acceptors (Lipinski definition) is 2. The Morgan fingerprint density at radius 3 is 2.84 bits per heavy atom. The zero-order chi connectivity index (χ0) is 14.3. The molecule has 0 radical (unpaired) electrons. The Morgan fingerprint density at radius 2 is 2.26 bits per heavy atom. The van der Waals surface area contributed by atoms with Gasteiger partial charge in [0, 0.05) is 11.6 Å². The first-order valence-electron chi connectivity index (χ1n) is 6.34. The van der Waals surface area contributed by atoms with E-state index < -0.39 is 5.97 Å². The fourth-order valence-corrected chi connectivity index (χ4v) is 1.67. The van der Waals surface area contributed by atoms with Crippen molar-refractivity contribution in [3.05, 3.63) is 41.2 Å². The van der Waals surface area contributed by atoms with Crippen LogP contribution in [0.4, 0.5) is 4.39 Å². The van der Waals surface area contributed by atoms with Crippen LogP contribution in [-0.4, -0.2) is 17.2 Å². The molecular formula is C15H19FO3. The molecule has 1 atom stereocenters. The molecule has 1 N–H and O–H groups in total. The van der Waals surface area contributed by atoms with Crippen LogP contribution in [0, 0.1) is 5.82 Å². The Balaban J connectivity index is 2.64. The third-order valence-electron chi connectivity index (χ3n) is 2.71. The van der Waals surface area contributed by atoms with Crippen molar-refractivity contribution in [3.8, 4) is 0 Å². The highest BCUT2D eigenvalue weighted by Crippen LogP contribution is 2.14. The lowest BCUT2D eigenvalue weighted by molar-refractivity contribution is -0.131. The van der Waals surface area contributed by atoms with Gasteiger partial charge in [0.2, 0.25) is 0 Å². The van der Waals surface area contributed by atoms with E-state index in [0.29, 0.717) is 11.1 Å². The lowest BCUT2D eigenvalue weighted by Gasteiger charge is -2.12. The van der Waals surface area contributed by atoms with Crippen molar-refractivity contribution < 1.29 is 19.0 Å². The molecule has 0 aliphatic heterocycles. The lowest BCUT2D eigenvalue weighted by atomic mass is 10.1. The van der Waals surface area contributed by atoms with Gasteiger partial charge in [0.1, 0.15) is 5.82 Å². The molecule has 0 spiro atoms. The van der Waals surface area contributed by atoms with Gasteiger partial charge in [0.15, 0.2) is 0 Å². The summed E-state index contributed by atoms with van der Waals surface area (Å²) in [4.78, 5) is 10.4. The highest BCUT2D eigenvalue weighted by molar-refractivity contribution is 5.85. The number of carboxylic acid groups (broad SMARTS) is 1. The number of rotatable bonds is 7. The summed E-state index contributed by atoms with van der Waals surface area (Å²) in [7, 11) is 0. The van der Waals surface area contributed by atoms with E-state index >= 15 is 0 Å². The summed E-state index contributed by atoms with van der Waals surface area (Å²) >= 11 is 0. The Hall–Kier alpha value is -1.68. The highest BCUT2D eigenvalue weighted by atomic mass is 19.1. The van der Waals surface area contributed by atoms with Crippen molar-refractivity contribution in [2.75, 3.05) is 0 Å². The van der Waals surface area contributed by atoms with Crippen LogP contribution in [-0.2, 0) is 16.1 Å². The van der Waals surface area contributed by atoms with Crippen LogP contribution in [0.25, 0.3) is 6.08 Å². The Morgan fingerprint density at radius 1 is 1.53 bits per heavy atom. The van der Waals surface area contributed by atoms with E-state index in [2.05, 4.69) is 6.92 Å². The van der Waals surface area contributed by atoms with E-state index in [0.717, 1.165) is 18.9 Å². The van der Waals surface area contributed by atoms with Gasteiger partial charge in [-0.15, -0.1) is 0 Å². The van der Waals surface area contributed by atoms with Crippen molar-refractivity contribution in [2.24, 2.45) is 0 Å². The van der Waals surface area contributed by atoms with E-state index in [9.17, 15) is 9.18 Å². The number of carboxylic acids is 1. The molecule has 0 saturated heterocycles. The van der Waals surface area contributed by atoms with Crippen LogP contribution in [0.2, 0.25) is 0 Å². The quantitative estimate of drug-likeness (QED) is 0.766. The van der Waals surface area contributed by atoms with Crippen LogP contribution in [0.3, 0.4) is 0 Å². The molecule has 0 amide bonds. The van der Waals surface area contributed by atoms with Gasteiger partial charge in [-0.2, -0.15) is 0 Å². The van der Waals surface area contributed by atoms with Crippen molar-refractivity contribution in [1.82, 2.24) is 0 Å². The number of carbonyl (C=O) groups is 1. The molecule has 1 aromatic rings. The predicted octanol–water partition coefficient (Wildman–Crippen LogP) is 3.63. The first-order chi connectivity index (χ1) is 9.02. The first kappa shape index (κ1) is 15.4. The Bertz CT molecular complexity index is 455. The molecule has 0 heterocycles. The van der Waals surface area contributed by atoms with Crippen LogP contribution in [0.1, 0.15) is 37.8 Å². The molecule has 3 nitrogen and oxygen atoms in total. The number of benzene rings is 1. The van der Waals surface area contributed by atoms with Gasteiger partial charge < -0.3 is 9.84 Å². The molecule has 0 aliphatic rings. The minimum Gasteiger partial charge on any atom is -0.478 e. The summed E-state index contributed by atoms with van der Waals surface area (Å²) in [5.74, 6) is -1.43. The second-order valence-corrected chi connectivity index (χ2v) is 4.43. The molecule has 104 valence electrons. The molecule has 19 heavy (non-hydrogen) atoms. The summed E-state index contributed by atoms with van der Waals surface area (Å²) in [5.41, 5.74) is 1.00. The summed E-state index contributed by atoms with van der Waals surface area (Å²) in [6.07, 6.45) is 4.42. The second-order valence-electron chi connectivity index (χ2n) is 4.43. The van der Waals surface area contributed by atoms with Gasteiger partial charge in [-0.05, 0) is 31.1 Å². The average molecular weight is 266 g/mol. The molecule has 0 aromatic heterocycles. The van der Waals surface area contributed by atoms with Gasteiger partial charge in [-0.3, -0.25) is 0 Å². The molecule has 1 rings (SSSR count). The maximum Gasteiger partial charge on any atom is 0.328 e. The molecule has 0 aliphatic carbocycles. The van der Waals surface area contributed by atoms with E-state index in [1.807, 2.05) is 6.92 Å². The van der Waals surface area contributed by atoms with Gasteiger partial charge in [0.05, 0.1) is 12.7 Å². The maximum atomic E-state index is 13.7. The van der Waals surface area contributed by atoms with Crippen molar-refractivity contribution >= 4 is 12.0 Å². The van der Waals surface area contributed by atoms with Gasteiger partial charge in [0.25, 0.3) is 0 Å². The molecular weight excluding hydrogens is 247 g/mol. The number of hydrogen-bond donors (Lipinski definition) is 1. The number of halogens is 1. The van der Waals surface area contributed by atoms with Crippen molar-refractivity contribution in [1.29, 1.82) is 0 Å². The van der Waals surface area contributed by atoms with Gasteiger partial charge >= 0.3 is 5.97 Å². The van der Waals surface area contributed by atoms with E-state index in [1.165, 1.54) is 12.1 Å². The number of aliphatic carboxylic acids is 1. The predicted molar refractivity (Wildman–Crippen MR) is 72.2 cm³/mol. The minimum absolute atomic E-state index is 0.107. The van der Waals surface area contributed by atoms with Crippen LogP contribution in [0.5, 0.6) is 0 Å². The second kappa shape index (κ2) is 7.69. The van der Waals surface area contributed by atoms with E-state index in [4.69, 9.17) is 9.84 Å². The SMILES string of the molecule is CCCC(C)OCc1ccc(/C=C/C(=O)O)cc1F. The zero-order valence-electron chi connectivity index (χ0n) is 11.2. The van der Waals surface area contributed by atoms with Gasteiger partial charge in [-0.1, -0.05) is 25.5 Å². The third kappa shape index (κ3) is 5.66. The molecule has 0 saturated carbocycles. The topological polar surface area (TPSA) is 46.5 Å². The maximum absolute atomic E-state index is 13.7. The number of ether oxygens (including phenoxy) is 1. The summed E-state index contributed by atoms with van der Waals surface area (Å²) < 4.78 is 19.3. The highest BCUT2D eigenvalue weighted by Gasteiger charge is 2.06. The molecule has 1 aromatic carbocycles. The fraction of sp³-hybridized carbons (Fsp3) is 0.400. The molecule has 0 bridgehead atoms. The largest absolute Gasteiger partial charge is 0.478 e. The Labute approximate surface area is 112 Å². The summed E-state index contributed by atoms with van der Waals surface area (Å²) in [5, 5.41) is 8.49. The molecule has 4 heteroatoms. The average Bonchev–Trinajstić information content (AvgIpc) is 2.35. The van der Waals surface area contributed by atoms with Gasteiger partial charge in [-0.25, -0.2) is 9.18 Å². The normalized spacial score (nSPS) is 12.8. The fourth-order valence-electron chi connectivity index (χ4n) is 1.67. The summed E-state index contributed by atoms with van der Waals surface area (Å²) in [6.45, 7) is 4.27. The Kier molecular flexibility index (Phi) is 6.22. The molecule has 1 unspecified atom stereocenters.